The monoisotopic (exact) mass is 1840 g/mol. The van der Waals surface area contributed by atoms with Gasteiger partial charge in [-0.15, -0.1) is 0 Å². The third-order valence-corrected chi connectivity index (χ3v) is 25.8. The van der Waals surface area contributed by atoms with E-state index in [4.69, 9.17) is 51.6 Å². The maximum atomic E-state index is 6.06. The summed E-state index contributed by atoms with van der Waals surface area (Å²) in [5.74, 6) is 0. The number of nitrogen functional groups attached to an aromatic ring is 8. The molecular formula is C116H162N20+6. The Morgan fingerprint density at radius 1 is 0.324 bits per heavy atom. The van der Waals surface area contributed by atoms with Crippen LogP contribution in [-0.4, -0.2) is 159 Å². The molecule has 17 rings (SSSR count). The summed E-state index contributed by atoms with van der Waals surface area (Å²) >= 11 is 0. The van der Waals surface area contributed by atoms with Crippen LogP contribution in [0.2, 0.25) is 0 Å². The van der Waals surface area contributed by atoms with Crippen molar-refractivity contribution in [2.24, 2.45) is 33.9 Å². The highest BCUT2D eigenvalue weighted by Crippen LogP contribution is 2.38. The van der Waals surface area contributed by atoms with E-state index in [-0.39, 0.29) is 7.43 Å². The predicted molar refractivity (Wildman–Crippen MR) is 591 cm³/mol. The van der Waals surface area contributed by atoms with Gasteiger partial charge < -0.3 is 86.3 Å². The summed E-state index contributed by atoms with van der Waals surface area (Å²) in [7, 11) is 19.6. The van der Waals surface area contributed by atoms with Crippen molar-refractivity contribution < 1.29 is 27.2 Å². The molecule has 0 bridgehead atoms. The molecule has 136 heavy (non-hydrogen) atoms. The molecule has 0 radical (unpaired) electrons. The number of fused-ring (bicyclic) bond motifs is 12. The lowest BCUT2D eigenvalue weighted by atomic mass is 9.98. The Morgan fingerprint density at radius 3 is 0.868 bits per heavy atom. The summed E-state index contributed by atoms with van der Waals surface area (Å²) in [5.41, 5.74) is 73.4. The van der Waals surface area contributed by atoms with Gasteiger partial charge in [0.15, 0.2) is 0 Å². The largest absolute Gasteiger partial charge is 0.399 e. The fourth-order valence-electron chi connectivity index (χ4n) is 17.6. The van der Waals surface area contributed by atoms with Crippen LogP contribution in [0.5, 0.6) is 0 Å². The van der Waals surface area contributed by atoms with Crippen molar-refractivity contribution in [3.63, 3.8) is 0 Å². The van der Waals surface area contributed by atoms with Gasteiger partial charge in [0, 0.05) is 172 Å². The first-order valence-electron chi connectivity index (χ1n) is 48.8. The minimum absolute atomic E-state index is 0. The van der Waals surface area contributed by atoms with Crippen molar-refractivity contribution in [3.05, 3.63) is 267 Å². The summed E-state index contributed by atoms with van der Waals surface area (Å²) in [6.45, 7) is 32.2. The average molecular weight is 1840 g/mol. The molecule has 0 saturated carbocycles. The van der Waals surface area contributed by atoms with Gasteiger partial charge in [0.2, 0.25) is 44.8 Å². The van der Waals surface area contributed by atoms with Crippen molar-refractivity contribution >= 4 is 132 Å². The number of unbranched alkanes of at least 4 members (excludes halogenated alkanes) is 4. The van der Waals surface area contributed by atoms with Gasteiger partial charge in [0.1, 0.15) is 28.2 Å². The Labute approximate surface area is 812 Å². The van der Waals surface area contributed by atoms with Gasteiger partial charge in [0.25, 0.3) is 0 Å². The number of nitrogens with zero attached hydrogens (tertiary/aromatic N) is 8. The second kappa shape index (κ2) is 53.1. The first kappa shape index (κ1) is 107. The Kier molecular flexibility index (Phi) is 41.8. The molecule has 12 aromatic carbocycles. The van der Waals surface area contributed by atoms with Crippen LogP contribution in [0.15, 0.2) is 267 Å². The molecule has 21 N–H and O–H groups in total. The maximum Gasteiger partial charge on any atom is 0.220 e. The van der Waals surface area contributed by atoms with Gasteiger partial charge >= 0.3 is 0 Å². The smallest absolute Gasteiger partial charge is 0.220 e. The SMILES string of the molecule is C.CCCCN1CCNCC1.CCCCNCCNCCN.CCCC[N+](C)(C)CCN(C)C.CCCC[N+](C)(CC)CC.C[n+]1c(-c2ccccc2)c2cc(N)ccc2c2ccc(N)cc21.C[n+]1c(-c2ccccc2)c2cc(N)ccc2c2ccc(N)cc21.C[n+]1c(-c2ccccc2)c2cc(N)ccc2c2ccc(N)cc21.C[n+]1c(-c2ccccc2)c2cc(N)ccc2c2ccc(N)cc21. The fraction of sp³-hybridized carbons (Fsp3) is 0.345. The number of hydrogen-bond acceptors (Lipinski definition) is 14. The quantitative estimate of drug-likeness (QED) is 0.00789. The van der Waals surface area contributed by atoms with E-state index < -0.39 is 0 Å². The second-order valence-corrected chi connectivity index (χ2v) is 36.9. The van der Waals surface area contributed by atoms with Crippen molar-refractivity contribution in [3.8, 4) is 45.0 Å². The number of anilines is 8. The van der Waals surface area contributed by atoms with Crippen LogP contribution in [0.1, 0.15) is 100 Å². The Balaban J connectivity index is 0.000000179. The van der Waals surface area contributed by atoms with Gasteiger partial charge in [-0.05, 0) is 212 Å². The van der Waals surface area contributed by atoms with Crippen LogP contribution in [0.3, 0.4) is 0 Å². The van der Waals surface area contributed by atoms with Crippen molar-refractivity contribution in [1.29, 1.82) is 0 Å². The molecule has 720 valence electrons. The number of pyridine rings is 4. The molecule has 0 spiro atoms. The molecule has 1 aliphatic rings. The minimum atomic E-state index is 0. The topological polar surface area (TPSA) is 292 Å². The minimum Gasteiger partial charge on any atom is -0.399 e. The van der Waals surface area contributed by atoms with Crippen molar-refractivity contribution in [1.82, 2.24) is 25.8 Å². The lowest BCUT2D eigenvalue weighted by molar-refractivity contribution is -0.906. The first-order chi connectivity index (χ1) is 65.1. The van der Waals surface area contributed by atoms with Crippen LogP contribution >= 0.6 is 0 Å². The number of piperazine rings is 1. The van der Waals surface area contributed by atoms with Crippen LogP contribution < -0.4 is 85.8 Å². The fourth-order valence-corrected chi connectivity index (χ4v) is 17.6. The normalized spacial score (nSPS) is 11.9. The zero-order valence-corrected chi connectivity index (χ0v) is 83.6. The molecule has 0 unspecified atom stereocenters. The Morgan fingerprint density at radius 2 is 0.596 bits per heavy atom. The zero-order chi connectivity index (χ0) is 97.1. The molecule has 0 atom stereocenters. The number of aryl methyl sites for hydroxylation is 4. The van der Waals surface area contributed by atoms with Gasteiger partial charge in [-0.25, -0.2) is 0 Å². The van der Waals surface area contributed by atoms with Crippen LogP contribution in [0.4, 0.5) is 45.5 Å². The molecule has 20 heteroatoms. The maximum absolute atomic E-state index is 6.06. The van der Waals surface area contributed by atoms with E-state index >= 15 is 0 Å². The van der Waals surface area contributed by atoms with E-state index in [0.29, 0.717) is 0 Å². The van der Waals surface area contributed by atoms with Gasteiger partial charge in [-0.1, -0.05) is 158 Å². The summed E-state index contributed by atoms with van der Waals surface area (Å²) in [6, 6.07) is 90.1. The Hall–Kier alpha value is -12.6. The molecule has 4 aromatic heterocycles. The number of benzene rings is 12. The number of likely N-dealkylation sites (N-methyl/N-ethyl adjacent to an activating group) is 2. The molecule has 0 aliphatic carbocycles. The average Bonchev–Trinajstić information content (AvgIpc) is 0.759. The van der Waals surface area contributed by atoms with Crippen molar-refractivity contribution in [2.75, 3.05) is 186 Å². The highest BCUT2D eigenvalue weighted by Gasteiger charge is 2.27. The standard InChI is InChI=1S/4C20H17N3.C10H25N2.C9H22N.C8H21N3.C8H18N2.CH4/c4*1-23-19-12-15(22)8-10-17(19)16-9-7-14(21)11-18(16)20(23)13-5-3-2-4-6-13;1-6-7-9-12(4,5)10-8-11(2)3;1-5-8-9-10(4,6-2)7-3;1-2-3-5-10-7-8-11-6-4-9;1-2-3-6-10-7-4-9-5-8-10;/h4*2-12,22H,21H2,1H3;6-10H2,1-5H3;5-9H2,1-4H3;10-11H,2-9H2,1H3;9H,2-8H2,1H3;1H4/q;;;;2*+1;;;/p+4. The van der Waals surface area contributed by atoms with Gasteiger partial charge in [-0.2, -0.15) is 18.3 Å². The number of hydrogen-bond donors (Lipinski definition) is 12. The van der Waals surface area contributed by atoms with Crippen LogP contribution in [0, 0.1) is 0 Å². The van der Waals surface area contributed by atoms with E-state index in [9.17, 15) is 0 Å². The number of quaternary nitrogens is 2. The molecule has 1 fully saturated rings. The first-order valence-corrected chi connectivity index (χ1v) is 48.8. The molecular weight excluding hydrogens is 1670 g/mol. The lowest BCUT2D eigenvalue weighted by Gasteiger charge is -2.31. The third kappa shape index (κ3) is 29.2. The number of nitrogens with two attached hydrogens (primary N) is 9. The molecule has 20 nitrogen and oxygen atoms in total. The highest BCUT2D eigenvalue weighted by molar-refractivity contribution is 6.14. The molecule has 1 aliphatic heterocycles. The predicted octanol–water partition coefficient (Wildman–Crippen LogP) is 19.5. The van der Waals surface area contributed by atoms with Crippen LogP contribution in [-0.2, 0) is 28.2 Å². The summed E-state index contributed by atoms with van der Waals surface area (Å²) < 4.78 is 11.2. The summed E-state index contributed by atoms with van der Waals surface area (Å²) in [6.07, 6.45) is 10.6. The van der Waals surface area contributed by atoms with E-state index in [0.717, 1.165) is 171 Å². The van der Waals surface area contributed by atoms with E-state index in [1.54, 1.807) is 0 Å². The zero-order valence-electron chi connectivity index (χ0n) is 83.6. The van der Waals surface area contributed by atoms with Gasteiger partial charge in [0.05, 0.1) is 97.0 Å². The van der Waals surface area contributed by atoms with Crippen molar-refractivity contribution in [2.45, 2.75) is 100 Å². The Bertz CT molecular complexity index is 5740. The molecule has 5 heterocycles. The number of rotatable bonds is 26. The van der Waals surface area contributed by atoms with E-state index in [1.165, 1.54) is 171 Å². The third-order valence-electron chi connectivity index (χ3n) is 25.8. The van der Waals surface area contributed by atoms with E-state index in [2.05, 4.69) is 295 Å². The van der Waals surface area contributed by atoms with Gasteiger partial charge in [-0.3, -0.25) is 0 Å². The molecule has 1 saturated heterocycles. The molecule has 0 amide bonds. The highest BCUT2D eigenvalue weighted by atomic mass is 15.3. The number of aromatic nitrogens is 4. The second-order valence-electron chi connectivity index (χ2n) is 36.9. The summed E-state index contributed by atoms with van der Waals surface area (Å²) in [5, 5.41) is 24.0. The lowest BCUT2D eigenvalue weighted by Crippen LogP contribution is -2.44. The summed E-state index contributed by atoms with van der Waals surface area (Å²) in [4.78, 5) is 4.80. The molecule has 16 aromatic rings. The number of nitrogens with one attached hydrogen (secondary N) is 3. The van der Waals surface area contributed by atoms with Crippen LogP contribution in [0.25, 0.3) is 132 Å². The van der Waals surface area contributed by atoms with E-state index in [1.807, 2.05) is 121 Å².